The van der Waals surface area contributed by atoms with Gasteiger partial charge in [0, 0.05) is 19.0 Å². The Kier molecular flexibility index (Phi) is 2.73. The fourth-order valence-electron chi connectivity index (χ4n) is 1.92. The molecule has 1 aliphatic rings. The van der Waals surface area contributed by atoms with Gasteiger partial charge < -0.3 is 5.11 Å². The van der Waals surface area contributed by atoms with Crippen molar-refractivity contribution in [1.82, 2.24) is 4.90 Å². The van der Waals surface area contributed by atoms with E-state index in [-0.39, 0.29) is 6.04 Å². The Balaban J connectivity index is 1.91. The number of rotatable bonds is 3. The maximum absolute atomic E-state index is 10.7. The number of carboxylic acids is 1. The maximum atomic E-state index is 10.7. The lowest BCUT2D eigenvalue weighted by Gasteiger charge is -2.41. The Morgan fingerprint density at radius 1 is 1.40 bits per heavy atom. The minimum absolute atomic E-state index is 0.357. The molecule has 80 valence electrons. The number of carboxylic acid groups (broad SMARTS) is 1. The highest BCUT2D eigenvalue weighted by molar-refractivity contribution is 5.73. The largest absolute Gasteiger partial charge is 0.480 e. The van der Waals surface area contributed by atoms with Crippen LogP contribution in [-0.4, -0.2) is 35.1 Å². The van der Waals surface area contributed by atoms with Gasteiger partial charge in [0.15, 0.2) is 0 Å². The number of hydrogen-bond acceptors (Lipinski definition) is 2. The zero-order valence-electron chi connectivity index (χ0n) is 8.76. The highest BCUT2D eigenvalue weighted by Gasteiger charge is 2.33. The van der Waals surface area contributed by atoms with Crippen molar-refractivity contribution < 1.29 is 9.90 Å². The van der Waals surface area contributed by atoms with Crippen LogP contribution in [0, 0.1) is 0 Å². The molecule has 2 rings (SSSR count). The quantitative estimate of drug-likeness (QED) is 0.814. The summed E-state index contributed by atoms with van der Waals surface area (Å²) >= 11 is 0. The van der Waals surface area contributed by atoms with E-state index < -0.39 is 5.97 Å². The molecule has 1 aromatic carbocycles. The summed E-state index contributed by atoms with van der Waals surface area (Å²) in [4.78, 5) is 12.7. The van der Waals surface area contributed by atoms with E-state index >= 15 is 0 Å². The van der Waals surface area contributed by atoms with Crippen molar-refractivity contribution >= 4 is 5.97 Å². The van der Waals surface area contributed by atoms with Gasteiger partial charge in [-0.3, -0.25) is 9.69 Å². The van der Waals surface area contributed by atoms with Crippen LogP contribution in [0.1, 0.15) is 18.4 Å². The Hall–Kier alpha value is -1.35. The van der Waals surface area contributed by atoms with Gasteiger partial charge >= 0.3 is 5.97 Å². The molecule has 0 spiro atoms. The van der Waals surface area contributed by atoms with Crippen LogP contribution in [0.2, 0.25) is 0 Å². The fourth-order valence-corrected chi connectivity index (χ4v) is 1.92. The Morgan fingerprint density at radius 3 is 2.53 bits per heavy atom. The van der Waals surface area contributed by atoms with Crippen molar-refractivity contribution in [2.45, 2.75) is 18.9 Å². The average Bonchev–Trinajstić information content (AvgIpc) is 2.17. The van der Waals surface area contributed by atoms with E-state index in [0.29, 0.717) is 5.92 Å². The zero-order chi connectivity index (χ0) is 10.8. The molecule has 1 unspecified atom stereocenters. The second-order valence-corrected chi connectivity index (χ2v) is 4.08. The van der Waals surface area contributed by atoms with Crippen molar-refractivity contribution in [2.24, 2.45) is 0 Å². The monoisotopic (exact) mass is 205 g/mol. The molecule has 3 nitrogen and oxygen atoms in total. The summed E-state index contributed by atoms with van der Waals surface area (Å²) < 4.78 is 0. The van der Waals surface area contributed by atoms with E-state index in [1.54, 1.807) is 6.92 Å². The van der Waals surface area contributed by atoms with E-state index in [1.807, 2.05) is 23.1 Å². The van der Waals surface area contributed by atoms with Crippen LogP contribution >= 0.6 is 0 Å². The van der Waals surface area contributed by atoms with Gasteiger partial charge in [0.1, 0.15) is 6.04 Å². The standard InChI is InChI=1S/C12H15NO2/c1-9(12(14)15)13-7-11(8-13)10-5-3-2-4-6-10/h2-6,9,11H,7-8H2,1H3,(H,14,15). The van der Waals surface area contributed by atoms with E-state index in [1.165, 1.54) is 5.56 Å². The minimum Gasteiger partial charge on any atom is -0.480 e. The number of aliphatic carboxylic acids is 1. The van der Waals surface area contributed by atoms with Gasteiger partial charge in [-0.2, -0.15) is 0 Å². The van der Waals surface area contributed by atoms with Crippen LogP contribution in [0.15, 0.2) is 30.3 Å². The lowest BCUT2D eigenvalue weighted by atomic mass is 9.90. The van der Waals surface area contributed by atoms with Crippen LogP contribution in [0.3, 0.4) is 0 Å². The molecule has 1 atom stereocenters. The molecule has 3 heteroatoms. The molecule has 0 aromatic heterocycles. The minimum atomic E-state index is -0.735. The molecule has 0 saturated carbocycles. The summed E-state index contributed by atoms with van der Waals surface area (Å²) in [6.07, 6.45) is 0. The maximum Gasteiger partial charge on any atom is 0.320 e. The van der Waals surface area contributed by atoms with Gasteiger partial charge in [0.25, 0.3) is 0 Å². The number of likely N-dealkylation sites (tertiary alicyclic amines) is 1. The second kappa shape index (κ2) is 4.03. The number of benzene rings is 1. The molecule has 1 heterocycles. The molecule has 1 N–H and O–H groups in total. The molecule has 0 amide bonds. The Bertz CT molecular complexity index is 344. The number of hydrogen-bond donors (Lipinski definition) is 1. The number of nitrogens with zero attached hydrogens (tertiary/aromatic N) is 1. The van der Waals surface area contributed by atoms with Crippen LogP contribution < -0.4 is 0 Å². The van der Waals surface area contributed by atoms with Crippen molar-refractivity contribution in [2.75, 3.05) is 13.1 Å². The van der Waals surface area contributed by atoms with Crippen LogP contribution in [-0.2, 0) is 4.79 Å². The first-order valence-corrected chi connectivity index (χ1v) is 5.20. The highest BCUT2D eigenvalue weighted by Crippen LogP contribution is 2.28. The molecule has 0 bridgehead atoms. The summed E-state index contributed by atoms with van der Waals surface area (Å²) in [6.45, 7) is 3.46. The molecule has 0 aliphatic carbocycles. The smallest absolute Gasteiger partial charge is 0.320 e. The predicted octanol–water partition coefficient (Wildman–Crippen LogP) is 1.56. The third-order valence-corrected chi connectivity index (χ3v) is 3.09. The van der Waals surface area contributed by atoms with Crippen LogP contribution in [0.4, 0.5) is 0 Å². The third kappa shape index (κ3) is 2.02. The van der Waals surface area contributed by atoms with E-state index in [4.69, 9.17) is 5.11 Å². The van der Waals surface area contributed by atoms with Gasteiger partial charge in [-0.15, -0.1) is 0 Å². The first kappa shape index (κ1) is 10.2. The van der Waals surface area contributed by atoms with E-state index in [0.717, 1.165) is 13.1 Å². The lowest BCUT2D eigenvalue weighted by molar-refractivity contribution is -0.144. The average molecular weight is 205 g/mol. The lowest BCUT2D eigenvalue weighted by Crippen LogP contribution is -2.52. The molecule has 1 aromatic rings. The van der Waals surface area contributed by atoms with Gasteiger partial charge in [-0.25, -0.2) is 0 Å². The molecule has 0 radical (unpaired) electrons. The zero-order valence-corrected chi connectivity index (χ0v) is 8.76. The van der Waals surface area contributed by atoms with Crippen molar-refractivity contribution in [3.63, 3.8) is 0 Å². The van der Waals surface area contributed by atoms with Crippen molar-refractivity contribution in [1.29, 1.82) is 0 Å². The predicted molar refractivity (Wildman–Crippen MR) is 57.9 cm³/mol. The van der Waals surface area contributed by atoms with E-state index in [9.17, 15) is 4.79 Å². The second-order valence-electron chi connectivity index (χ2n) is 4.08. The summed E-state index contributed by atoms with van der Waals surface area (Å²) in [5.41, 5.74) is 1.31. The van der Waals surface area contributed by atoms with Gasteiger partial charge in [0.05, 0.1) is 0 Å². The summed E-state index contributed by atoms with van der Waals surface area (Å²) in [6, 6.07) is 9.91. The first-order valence-electron chi connectivity index (χ1n) is 5.20. The Labute approximate surface area is 89.3 Å². The SMILES string of the molecule is CC(C(=O)O)N1CC(c2ccccc2)C1. The summed E-state index contributed by atoms with van der Waals surface area (Å²) in [5, 5.41) is 8.83. The van der Waals surface area contributed by atoms with Gasteiger partial charge in [-0.1, -0.05) is 30.3 Å². The summed E-state index contributed by atoms with van der Waals surface area (Å²) in [5.74, 6) is -0.227. The topological polar surface area (TPSA) is 40.5 Å². The fraction of sp³-hybridized carbons (Fsp3) is 0.417. The molecular weight excluding hydrogens is 190 g/mol. The van der Waals surface area contributed by atoms with Crippen molar-refractivity contribution in [3.05, 3.63) is 35.9 Å². The van der Waals surface area contributed by atoms with Crippen LogP contribution in [0.25, 0.3) is 0 Å². The molecular formula is C12H15NO2. The van der Waals surface area contributed by atoms with E-state index in [2.05, 4.69) is 12.1 Å². The van der Waals surface area contributed by atoms with Crippen LogP contribution in [0.5, 0.6) is 0 Å². The highest BCUT2D eigenvalue weighted by atomic mass is 16.4. The summed E-state index contributed by atoms with van der Waals surface area (Å²) in [7, 11) is 0. The molecule has 1 fully saturated rings. The first-order chi connectivity index (χ1) is 7.18. The molecule has 1 saturated heterocycles. The van der Waals surface area contributed by atoms with Gasteiger partial charge in [0.2, 0.25) is 0 Å². The molecule has 15 heavy (non-hydrogen) atoms. The normalized spacial score (nSPS) is 19.5. The molecule has 1 aliphatic heterocycles. The third-order valence-electron chi connectivity index (χ3n) is 3.09. The van der Waals surface area contributed by atoms with Gasteiger partial charge in [-0.05, 0) is 12.5 Å². The Morgan fingerprint density at radius 2 is 2.00 bits per heavy atom. The van der Waals surface area contributed by atoms with Crippen molar-refractivity contribution in [3.8, 4) is 0 Å². The number of carbonyl (C=O) groups is 1.